The maximum atomic E-state index is 13.1. The first kappa shape index (κ1) is 22.6. The van der Waals surface area contributed by atoms with Crippen LogP contribution in [0.4, 0.5) is 0 Å². The van der Waals surface area contributed by atoms with Crippen molar-refractivity contribution < 1.29 is 43.5 Å². The molecule has 1 unspecified atom stereocenters. The van der Waals surface area contributed by atoms with Gasteiger partial charge in [-0.05, 0) is 35.9 Å². The molecule has 1 aromatic heterocycles. The Balaban J connectivity index is 1.62. The first-order valence-electron chi connectivity index (χ1n) is 11.4. The first-order valence-corrected chi connectivity index (χ1v) is 11.4. The molecule has 188 valence electrons. The molecule has 3 heterocycles. The zero-order valence-electron chi connectivity index (χ0n) is 19.4. The Labute approximate surface area is 208 Å². The number of esters is 1. The van der Waals surface area contributed by atoms with Crippen LogP contribution in [0.15, 0.2) is 51.7 Å². The number of phenols is 3. The predicted octanol–water partition coefficient (Wildman–Crippen LogP) is 3.80. The van der Waals surface area contributed by atoms with E-state index in [1.807, 2.05) is 0 Å². The maximum Gasteiger partial charge on any atom is 0.312 e. The fraction of sp³-hybridized carbons (Fsp3) is 0.185. The first-order chi connectivity index (χ1) is 17.8. The van der Waals surface area contributed by atoms with Crippen LogP contribution in [0, 0.1) is 0 Å². The highest BCUT2D eigenvalue weighted by Crippen LogP contribution is 2.49. The second-order valence-corrected chi connectivity index (χ2v) is 8.67. The third-order valence-electron chi connectivity index (χ3n) is 6.44. The summed E-state index contributed by atoms with van der Waals surface area (Å²) in [6.45, 7) is 0.712. The number of carbonyl (C=O) groups is 1. The van der Waals surface area contributed by atoms with E-state index in [2.05, 4.69) is 0 Å². The number of aromatic hydroxyl groups is 3. The monoisotopic (exact) mass is 504 g/mol. The summed E-state index contributed by atoms with van der Waals surface area (Å²) in [5.41, 5.74) is 0.807. The number of benzene rings is 3. The quantitative estimate of drug-likeness (QED) is 0.214. The number of methoxy groups -OCH3 is 1. The molecule has 3 N–H and O–H groups in total. The van der Waals surface area contributed by atoms with E-state index in [1.165, 1.54) is 37.4 Å². The van der Waals surface area contributed by atoms with Crippen LogP contribution in [0.3, 0.4) is 0 Å². The van der Waals surface area contributed by atoms with Crippen molar-refractivity contribution in [3.63, 3.8) is 0 Å². The summed E-state index contributed by atoms with van der Waals surface area (Å²) in [6, 6.07) is 9.84. The molecule has 0 radical (unpaired) electrons. The predicted molar refractivity (Wildman–Crippen MR) is 129 cm³/mol. The molecule has 0 bridgehead atoms. The second-order valence-electron chi connectivity index (χ2n) is 8.67. The van der Waals surface area contributed by atoms with Gasteiger partial charge in [-0.2, -0.15) is 0 Å². The molecule has 6 rings (SSSR count). The summed E-state index contributed by atoms with van der Waals surface area (Å²) in [6.07, 6.45) is -0.0798. The molecular formula is C27H20O10. The van der Waals surface area contributed by atoms with Gasteiger partial charge >= 0.3 is 5.97 Å². The number of hydrogen-bond acceptors (Lipinski definition) is 10. The van der Waals surface area contributed by atoms with Crippen LogP contribution in [0.25, 0.3) is 22.3 Å². The second kappa shape index (κ2) is 8.37. The molecule has 2 aliphatic heterocycles. The number of carbonyl (C=O) groups excluding carboxylic acids is 1. The highest BCUT2D eigenvalue weighted by molar-refractivity contribution is 5.93. The minimum absolute atomic E-state index is 0.0245. The number of phenolic OH excluding ortho intramolecular Hbond substituents is 3. The molecule has 4 aromatic rings. The van der Waals surface area contributed by atoms with Crippen LogP contribution in [0.1, 0.15) is 23.5 Å². The number of fused-ring (bicyclic) bond motifs is 4. The van der Waals surface area contributed by atoms with E-state index in [0.717, 1.165) is 0 Å². The molecular weight excluding hydrogens is 484 g/mol. The largest absolute Gasteiger partial charge is 0.507 e. The maximum absolute atomic E-state index is 13.1. The molecule has 10 nitrogen and oxygen atoms in total. The van der Waals surface area contributed by atoms with Gasteiger partial charge in [-0.1, -0.05) is 0 Å². The smallest absolute Gasteiger partial charge is 0.312 e. The molecule has 0 saturated heterocycles. The summed E-state index contributed by atoms with van der Waals surface area (Å²) in [4.78, 5) is 25.7. The Kier molecular flexibility index (Phi) is 5.11. The minimum atomic E-state index is -0.643. The van der Waals surface area contributed by atoms with Crippen LogP contribution in [-0.2, 0) is 4.79 Å². The molecule has 1 atom stereocenters. The van der Waals surface area contributed by atoms with Crippen molar-refractivity contribution in [1.29, 1.82) is 0 Å². The molecule has 0 aliphatic carbocycles. The Bertz CT molecular complexity index is 1630. The molecule has 2 aliphatic rings. The lowest BCUT2D eigenvalue weighted by Crippen LogP contribution is -2.22. The molecule has 0 spiro atoms. The SMILES string of the molecule is COc1cc(C2CC(=O)Oc3cc(O)c4c(=O)cc(-c5ccc(O)c(O)c5)oc4c32)cc2c1OCCO2. The number of hydrogen-bond donors (Lipinski definition) is 3. The Morgan fingerprint density at radius 3 is 2.49 bits per heavy atom. The van der Waals surface area contributed by atoms with Gasteiger partial charge in [-0.15, -0.1) is 0 Å². The molecule has 10 heteroatoms. The van der Waals surface area contributed by atoms with E-state index in [4.69, 9.17) is 23.4 Å². The van der Waals surface area contributed by atoms with Crippen LogP contribution < -0.4 is 24.4 Å². The van der Waals surface area contributed by atoms with Crippen molar-refractivity contribution in [2.75, 3.05) is 20.3 Å². The number of rotatable bonds is 3. The van der Waals surface area contributed by atoms with E-state index >= 15 is 0 Å². The molecule has 3 aromatic carbocycles. The van der Waals surface area contributed by atoms with Crippen molar-refractivity contribution >= 4 is 16.9 Å². The third-order valence-corrected chi connectivity index (χ3v) is 6.44. The zero-order valence-corrected chi connectivity index (χ0v) is 19.4. The lowest BCUT2D eigenvalue weighted by Gasteiger charge is -2.28. The average Bonchev–Trinajstić information content (AvgIpc) is 2.88. The van der Waals surface area contributed by atoms with Crippen LogP contribution >= 0.6 is 0 Å². The Morgan fingerprint density at radius 2 is 1.70 bits per heavy atom. The van der Waals surface area contributed by atoms with Gasteiger partial charge in [-0.3, -0.25) is 9.59 Å². The van der Waals surface area contributed by atoms with Crippen molar-refractivity contribution in [3.05, 3.63) is 63.8 Å². The highest BCUT2D eigenvalue weighted by atomic mass is 16.6. The van der Waals surface area contributed by atoms with E-state index in [0.29, 0.717) is 47.2 Å². The van der Waals surface area contributed by atoms with Gasteiger partial charge in [0.2, 0.25) is 5.75 Å². The van der Waals surface area contributed by atoms with Gasteiger partial charge in [0.25, 0.3) is 0 Å². The molecule has 0 amide bonds. The van der Waals surface area contributed by atoms with Crippen molar-refractivity contribution in [2.45, 2.75) is 12.3 Å². The number of ether oxygens (including phenoxy) is 4. The van der Waals surface area contributed by atoms with Crippen molar-refractivity contribution in [1.82, 2.24) is 0 Å². The third kappa shape index (κ3) is 3.65. The van der Waals surface area contributed by atoms with E-state index in [1.54, 1.807) is 12.1 Å². The Morgan fingerprint density at radius 1 is 0.892 bits per heavy atom. The summed E-state index contributed by atoms with van der Waals surface area (Å²) in [5.74, 6) is -0.866. The van der Waals surface area contributed by atoms with E-state index in [9.17, 15) is 24.9 Å². The van der Waals surface area contributed by atoms with Gasteiger partial charge in [0.05, 0.1) is 13.5 Å². The minimum Gasteiger partial charge on any atom is -0.507 e. The zero-order chi connectivity index (χ0) is 25.8. The Hall–Kier alpha value is -4.86. The van der Waals surface area contributed by atoms with Gasteiger partial charge < -0.3 is 38.7 Å². The topological polar surface area (TPSA) is 145 Å². The van der Waals surface area contributed by atoms with Gasteiger partial charge in [0.1, 0.15) is 41.4 Å². The average molecular weight is 504 g/mol. The van der Waals surface area contributed by atoms with E-state index < -0.39 is 28.8 Å². The summed E-state index contributed by atoms with van der Waals surface area (Å²) < 4.78 is 28.5. The molecule has 37 heavy (non-hydrogen) atoms. The summed E-state index contributed by atoms with van der Waals surface area (Å²) >= 11 is 0. The van der Waals surface area contributed by atoms with Crippen molar-refractivity contribution in [3.8, 4) is 51.6 Å². The van der Waals surface area contributed by atoms with Crippen LogP contribution in [-0.4, -0.2) is 41.6 Å². The van der Waals surface area contributed by atoms with E-state index in [-0.39, 0.29) is 34.6 Å². The van der Waals surface area contributed by atoms with Crippen LogP contribution in [0.2, 0.25) is 0 Å². The summed E-state index contributed by atoms with van der Waals surface area (Å²) in [5, 5.41) is 30.2. The van der Waals surface area contributed by atoms with Gasteiger partial charge in [0.15, 0.2) is 28.4 Å². The fourth-order valence-corrected chi connectivity index (χ4v) is 4.76. The fourth-order valence-electron chi connectivity index (χ4n) is 4.76. The van der Waals surface area contributed by atoms with Crippen molar-refractivity contribution in [2.24, 2.45) is 0 Å². The summed E-state index contributed by atoms with van der Waals surface area (Å²) in [7, 11) is 1.49. The lowest BCUT2D eigenvalue weighted by atomic mass is 9.84. The highest BCUT2D eigenvalue weighted by Gasteiger charge is 2.35. The van der Waals surface area contributed by atoms with Crippen LogP contribution in [0.5, 0.6) is 40.2 Å². The molecule has 0 saturated carbocycles. The molecule has 0 fully saturated rings. The standard InChI is InChI=1S/C27H20O10/c1-33-21-7-13(8-22-26(21)35-5-4-34-22)14-9-23(32)36-20-11-18(31)25-17(30)10-19(37-27(25)24(14)20)12-2-3-15(28)16(29)6-12/h2-3,6-8,10-11,14,28-29,31H,4-5,9H2,1H3. The lowest BCUT2D eigenvalue weighted by molar-refractivity contribution is -0.135. The van der Waals surface area contributed by atoms with Gasteiger partial charge in [-0.25, -0.2) is 0 Å². The van der Waals surface area contributed by atoms with Gasteiger partial charge in [0, 0.05) is 29.2 Å². The normalized spacial score (nSPS) is 16.2.